The molecule has 0 aliphatic carbocycles. The Morgan fingerprint density at radius 1 is 1.56 bits per heavy atom. The predicted molar refractivity (Wildman–Crippen MR) is 61.8 cm³/mol. The van der Waals surface area contributed by atoms with Gasteiger partial charge in [-0.1, -0.05) is 23.3 Å². The second-order valence-corrected chi connectivity index (χ2v) is 3.28. The third-order valence-corrected chi connectivity index (χ3v) is 2.08. The van der Waals surface area contributed by atoms with E-state index in [-0.39, 0.29) is 0 Å². The van der Waals surface area contributed by atoms with Crippen molar-refractivity contribution in [3.8, 4) is 0 Å². The zero-order valence-electron chi connectivity index (χ0n) is 8.79. The molecule has 2 rings (SSSR count). The van der Waals surface area contributed by atoms with E-state index in [1.807, 2.05) is 31.2 Å². The van der Waals surface area contributed by atoms with Gasteiger partial charge >= 0.3 is 0 Å². The summed E-state index contributed by atoms with van der Waals surface area (Å²) in [5, 5.41) is 3.41. The van der Waals surface area contributed by atoms with Gasteiger partial charge < -0.3 is 4.42 Å². The van der Waals surface area contributed by atoms with Crippen LogP contribution in [0.5, 0.6) is 0 Å². The molecule has 0 saturated heterocycles. The Bertz CT molecular complexity index is 579. The fourth-order valence-electron chi connectivity index (χ4n) is 1.43. The van der Waals surface area contributed by atoms with Gasteiger partial charge in [-0.3, -0.25) is 0 Å². The van der Waals surface area contributed by atoms with Gasteiger partial charge in [0.2, 0.25) is 0 Å². The van der Waals surface area contributed by atoms with Crippen molar-refractivity contribution < 1.29 is 4.42 Å². The molecule has 80 valence electrons. The first kappa shape index (κ1) is 10.3. The lowest BCUT2D eigenvalue weighted by molar-refractivity contribution is 0.561. The minimum absolute atomic E-state index is 0.351. The molecule has 1 aromatic heterocycles. The molecule has 0 amide bonds. The number of aryl methyl sites for hydroxylation is 1. The molecule has 0 bridgehead atoms. The highest BCUT2D eigenvalue weighted by molar-refractivity contribution is 5.76. The molecule has 1 heterocycles. The molecule has 0 aliphatic rings. The van der Waals surface area contributed by atoms with Crippen molar-refractivity contribution in [1.82, 2.24) is 4.98 Å². The first-order chi connectivity index (χ1) is 7.79. The second-order valence-electron chi connectivity index (χ2n) is 3.28. The van der Waals surface area contributed by atoms with E-state index in [2.05, 4.69) is 15.0 Å². The van der Waals surface area contributed by atoms with Gasteiger partial charge in [-0.2, -0.15) is 0 Å². The van der Waals surface area contributed by atoms with E-state index >= 15 is 0 Å². The lowest BCUT2D eigenvalue weighted by Crippen LogP contribution is -1.74. The van der Waals surface area contributed by atoms with Crippen molar-refractivity contribution in [2.75, 3.05) is 6.54 Å². The molecule has 0 spiro atoms. The van der Waals surface area contributed by atoms with Crippen LogP contribution in [0.25, 0.3) is 27.6 Å². The highest BCUT2D eigenvalue weighted by Crippen LogP contribution is 2.17. The lowest BCUT2D eigenvalue weighted by Gasteiger charge is -1.91. The molecule has 0 radical (unpaired) electrons. The Balaban J connectivity index is 2.25. The maximum absolute atomic E-state index is 8.11. The van der Waals surface area contributed by atoms with Gasteiger partial charge in [0.05, 0.1) is 0 Å². The number of oxazole rings is 1. The van der Waals surface area contributed by atoms with E-state index < -0.39 is 0 Å². The highest BCUT2D eigenvalue weighted by atomic mass is 16.3. The summed E-state index contributed by atoms with van der Waals surface area (Å²) in [7, 11) is 0. The van der Waals surface area contributed by atoms with Crippen molar-refractivity contribution in [3.63, 3.8) is 0 Å². The molecule has 1 aromatic carbocycles. The number of hydrogen-bond acceptors (Lipinski definition) is 3. The largest absolute Gasteiger partial charge is 0.441 e. The Kier molecular flexibility index (Phi) is 2.89. The Morgan fingerprint density at radius 3 is 3.25 bits per heavy atom. The van der Waals surface area contributed by atoms with E-state index in [1.165, 1.54) is 0 Å². The molecule has 16 heavy (non-hydrogen) atoms. The van der Waals surface area contributed by atoms with E-state index in [9.17, 15) is 0 Å². The summed E-state index contributed by atoms with van der Waals surface area (Å²) in [4.78, 5) is 6.87. The van der Waals surface area contributed by atoms with E-state index in [4.69, 9.17) is 9.95 Å². The normalized spacial score (nSPS) is 10.8. The number of hydrogen-bond donors (Lipinski definition) is 0. The standard InChI is InChI=1S/C11H10N4O/c1-8-14-10-5-4-9(7-11(10)16-8)3-2-6-13-15-12/h2-5,7H,6H2,1H3. The number of nitrogens with zero attached hydrogens (tertiary/aromatic N) is 4. The van der Waals surface area contributed by atoms with Crippen molar-refractivity contribution in [3.05, 3.63) is 46.2 Å². The molecule has 0 unspecified atom stereocenters. The van der Waals surface area contributed by atoms with Crippen LogP contribution in [0.3, 0.4) is 0 Å². The molecule has 0 aliphatic heterocycles. The summed E-state index contributed by atoms with van der Waals surface area (Å²) < 4.78 is 5.41. The number of rotatable bonds is 3. The summed E-state index contributed by atoms with van der Waals surface area (Å²) in [6.45, 7) is 2.17. The summed E-state index contributed by atoms with van der Waals surface area (Å²) in [5.74, 6) is 0.658. The highest BCUT2D eigenvalue weighted by Gasteiger charge is 2.00. The van der Waals surface area contributed by atoms with Crippen LogP contribution in [0.15, 0.2) is 33.8 Å². The zero-order chi connectivity index (χ0) is 11.4. The Labute approximate surface area is 92.0 Å². The number of aromatic nitrogens is 1. The van der Waals surface area contributed by atoms with Crippen LogP contribution in [0.1, 0.15) is 11.5 Å². The van der Waals surface area contributed by atoms with Gasteiger partial charge in [-0.15, -0.1) is 0 Å². The fraction of sp³-hybridized carbons (Fsp3) is 0.182. The molecular formula is C11H10N4O. The lowest BCUT2D eigenvalue weighted by atomic mass is 10.2. The summed E-state index contributed by atoms with van der Waals surface area (Å²) in [6.07, 6.45) is 3.68. The smallest absolute Gasteiger partial charge is 0.192 e. The monoisotopic (exact) mass is 214 g/mol. The van der Waals surface area contributed by atoms with E-state index in [0.29, 0.717) is 12.4 Å². The molecular weight excluding hydrogens is 204 g/mol. The molecule has 5 nitrogen and oxygen atoms in total. The molecule has 2 aromatic rings. The summed E-state index contributed by atoms with van der Waals surface area (Å²) in [6, 6.07) is 5.75. The Hall–Kier alpha value is -2.26. The number of benzene rings is 1. The maximum atomic E-state index is 8.11. The van der Waals surface area contributed by atoms with Crippen LogP contribution < -0.4 is 0 Å². The Morgan fingerprint density at radius 2 is 2.44 bits per heavy atom. The molecule has 0 atom stereocenters. The van der Waals surface area contributed by atoms with Crippen molar-refractivity contribution in [1.29, 1.82) is 0 Å². The molecule has 0 saturated carbocycles. The summed E-state index contributed by atoms with van der Waals surface area (Å²) >= 11 is 0. The second kappa shape index (κ2) is 4.51. The fourth-order valence-corrected chi connectivity index (χ4v) is 1.43. The number of azide groups is 1. The van der Waals surface area contributed by atoms with Crippen molar-refractivity contribution >= 4 is 17.2 Å². The first-order valence-corrected chi connectivity index (χ1v) is 4.84. The predicted octanol–water partition coefficient (Wildman–Crippen LogP) is 3.46. The third kappa shape index (κ3) is 2.21. The molecule has 0 fully saturated rings. The van der Waals surface area contributed by atoms with Gasteiger partial charge in [-0.05, 0) is 23.2 Å². The van der Waals surface area contributed by atoms with Gasteiger partial charge in [0, 0.05) is 18.4 Å². The third-order valence-electron chi connectivity index (χ3n) is 2.08. The van der Waals surface area contributed by atoms with Gasteiger partial charge in [0.25, 0.3) is 0 Å². The summed E-state index contributed by atoms with van der Waals surface area (Å²) in [5.41, 5.74) is 10.7. The minimum Gasteiger partial charge on any atom is -0.441 e. The molecule has 0 N–H and O–H groups in total. The zero-order valence-corrected chi connectivity index (χ0v) is 8.79. The van der Waals surface area contributed by atoms with Crippen LogP contribution in [0, 0.1) is 6.92 Å². The van der Waals surface area contributed by atoms with Gasteiger partial charge in [0.15, 0.2) is 11.5 Å². The van der Waals surface area contributed by atoms with Crippen LogP contribution in [0.4, 0.5) is 0 Å². The maximum Gasteiger partial charge on any atom is 0.192 e. The molecule has 5 heteroatoms. The van der Waals surface area contributed by atoms with Crippen molar-refractivity contribution in [2.24, 2.45) is 5.11 Å². The van der Waals surface area contributed by atoms with E-state index in [0.717, 1.165) is 16.7 Å². The van der Waals surface area contributed by atoms with Crippen LogP contribution in [-0.4, -0.2) is 11.5 Å². The minimum atomic E-state index is 0.351. The number of fused-ring (bicyclic) bond motifs is 1. The van der Waals surface area contributed by atoms with Crippen LogP contribution >= 0.6 is 0 Å². The van der Waals surface area contributed by atoms with Gasteiger partial charge in [-0.25, -0.2) is 4.98 Å². The first-order valence-electron chi connectivity index (χ1n) is 4.84. The van der Waals surface area contributed by atoms with Crippen LogP contribution in [0.2, 0.25) is 0 Å². The van der Waals surface area contributed by atoms with Crippen LogP contribution in [-0.2, 0) is 0 Å². The van der Waals surface area contributed by atoms with Crippen molar-refractivity contribution in [2.45, 2.75) is 6.92 Å². The average molecular weight is 214 g/mol. The van der Waals surface area contributed by atoms with Gasteiger partial charge in [0.1, 0.15) is 5.52 Å². The quantitative estimate of drug-likeness (QED) is 0.445. The van der Waals surface area contributed by atoms with E-state index in [1.54, 1.807) is 6.08 Å². The topological polar surface area (TPSA) is 74.8 Å². The average Bonchev–Trinajstić information content (AvgIpc) is 2.64. The SMILES string of the molecule is Cc1nc2ccc(C=CCN=[N+]=[N-])cc2o1.